The van der Waals surface area contributed by atoms with Crippen LogP contribution in [0.1, 0.15) is 60.5 Å². The lowest BCUT2D eigenvalue weighted by Crippen LogP contribution is -2.10. The minimum absolute atomic E-state index is 0.0530. The molecule has 0 spiro atoms. The van der Waals surface area contributed by atoms with E-state index in [1.807, 2.05) is 38.1 Å². The molecule has 0 atom stereocenters. The van der Waals surface area contributed by atoms with Gasteiger partial charge in [-0.3, -0.25) is 0 Å². The minimum Gasteiger partial charge on any atom is -0.461 e. The number of oxazole rings is 2. The van der Waals surface area contributed by atoms with Crippen molar-refractivity contribution in [1.29, 1.82) is 0 Å². The Hall–Kier alpha value is -3.24. The first-order valence-electron chi connectivity index (χ1n) is 12.3. The average molecular weight is 646 g/mol. The van der Waals surface area contributed by atoms with Gasteiger partial charge in [0.05, 0.1) is 13.2 Å². The van der Waals surface area contributed by atoms with Crippen LogP contribution in [0, 0.1) is 0 Å². The number of hydrogen-bond acceptors (Lipinski definition) is 8. The first-order chi connectivity index (χ1) is 18.4. The Morgan fingerprint density at radius 3 is 1.39 bits per heavy atom. The van der Waals surface area contributed by atoms with Gasteiger partial charge in [0, 0.05) is 20.1 Å². The van der Waals surface area contributed by atoms with Crippen molar-refractivity contribution in [2.45, 2.75) is 39.5 Å². The summed E-state index contributed by atoms with van der Waals surface area (Å²) in [7, 11) is 0. The second kappa shape index (κ2) is 13.0. The van der Waals surface area contributed by atoms with Crippen LogP contribution in [0.25, 0.3) is 34.4 Å². The largest absolute Gasteiger partial charge is 0.461 e. The van der Waals surface area contributed by atoms with Gasteiger partial charge in [-0.25, -0.2) is 19.6 Å². The van der Waals surface area contributed by atoms with E-state index in [2.05, 4.69) is 41.8 Å². The number of hydrogen-bond donors (Lipinski definition) is 0. The van der Waals surface area contributed by atoms with Crippen molar-refractivity contribution in [3.05, 3.63) is 68.9 Å². The van der Waals surface area contributed by atoms with Crippen LogP contribution in [0.15, 0.2) is 66.3 Å². The third-order valence-electron chi connectivity index (χ3n) is 5.49. The van der Waals surface area contributed by atoms with Gasteiger partial charge in [-0.2, -0.15) is 0 Å². The number of esters is 2. The molecule has 0 saturated carbocycles. The molecule has 0 amide bonds. The standard InChI is InChI=1S/C28H26Br2N2O6/c1-3-5-15-35-27(33)21-23(37-25(31-21)17-7-11-19(29)12-8-17)24-22(28(34)36-16-6-4-2)32-26(38-24)18-9-13-20(30)14-10-18/h7-14H,3-6,15-16H2,1-2H3. The van der Waals surface area contributed by atoms with E-state index in [0.717, 1.165) is 21.8 Å². The fourth-order valence-electron chi connectivity index (χ4n) is 3.41. The van der Waals surface area contributed by atoms with E-state index in [4.69, 9.17) is 18.3 Å². The molecule has 0 aliphatic carbocycles. The second-order valence-corrected chi connectivity index (χ2v) is 10.2. The zero-order chi connectivity index (χ0) is 27.1. The zero-order valence-electron chi connectivity index (χ0n) is 21.0. The predicted molar refractivity (Wildman–Crippen MR) is 149 cm³/mol. The highest BCUT2D eigenvalue weighted by molar-refractivity contribution is 9.10. The molecule has 8 nitrogen and oxygen atoms in total. The van der Waals surface area contributed by atoms with Crippen molar-refractivity contribution in [1.82, 2.24) is 9.97 Å². The monoisotopic (exact) mass is 644 g/mol. The number of halogens is 2. The number of carbonyl (C=O) groups excluding carboxylic acids is 2. The van der Waals surface area contributed by atoms with Crippen LogP contribution in [0.5, 0.6) is 0 Å². The fourth-order valence-corrected chi connectivity index (χ4v) is 3.94. The van der Waals surface area contributed by atoms with Crippen LogP contribution in [-0.4, -0.2) is 35.1 Å². The van der Waals surface area contributed by atoms with Crippen molar-refractivity contribution < 1.29 is 27.9 Å². The van der Waals surface area contributed by atoms with Crippen molar-refractivity contribution in [3.63, 3.8) is 0 Å². The van der Waals surface area contributed by atoms with Crippen LogP contribution in [0.2, 0.25) is 0 Å². The maximum Gasteiger partial charge on any atom is 0.361 e. The van der Waals surface area contributed by atoms with Crippen LogP contribution in [0.3, 0.4) is 0 Å². The summed E-state index contributed by atoms with van der Waals surface area (Å²) in [6.45, 7) is 4.44. The van der Waals surface area contributed by atoms with E-state index in [9.17, 15) is 9.59 Å². The number of aromatic nitrogens is 2. The Labute approximate surface area is 237 Å². The van der Waals surface area contributed by atoms with E-state index in [-0.39, 0.29) is 47.9 Å². The van der Waals surface area contributed by atoms with Gasteiger partial charge < -0.3 is 18.3 Å². The maximum absolute atomic E-state index is 13.1. The third kappa shape index (κ3) is 6.60. The van der Waals surface area contributed by atoms with Gasteiger partial charge in [0.2, 0.25) is 23.3 Å². The smallest absolute Gasteiger partial charge is 0.361 e. The Morgan fingerprint density at radius 1 is 0.684 bits per heavy atom. The Balaban J connectivity index is 1.83. The predicted octanol–water partition coefficient (Wildman–Crippen LogP) is 8.10. The normalized spacial score (nSPS) is 10.9. The van der Waals surface area contributed by atoms with E-state index in [0.29, 0.717) is 24.0 Å². The summed E-state index contributed by atoms with van der Waals surface area (Å²) in [5.41, 5.74) is 1.03. The number of unbranched alkanes of at least 4 members (excludes halogenated alkanes) is 2. The molecule has 2 aromatic carbocycles. The topological polar surface area (TPSA) is 105 Å². The summed E-state index contributed by atoms with van der Waals surface area (Å²) >= 11 is 6.82. The zero-order valence-corrected chi connectivity index (χ0v) is 24.1. The van der Waals surface area contributed by atoms with Crippen LogP contribution in [0.4, 0.5) is 0 Å². The minimum atomic E-state index is -0.688. The molecule has 4 aromatic rings. The van der Waals surface area contributed by atoms with Gasteiger partial charge >= 0.3 is 11.9 Å². The number of rotatable bonds is 11. The number of benzene rings is 2. The van der Waals surface area contributed by atoms with E-state index in [1.54, 1.807) is 24.3 Å². The van der Waals surface area contributed by atoms with Crippen LogP contribution < -0.4 is 0 Å². The summed E-state index contributed by atoms with van der Waals surface area (Å²) in [4.78, 5) is 35.0. The van der Waals surface area contributed by atoms with Crippen molar-refractivity contribution in [2.24, 2.45) is 0 Å². The van der Waals surface area contributed by atoms with E-state index < -0.39 is 11.9 Å². The number of ether oxygens (including phenoxy) is 2. The van der Waals surface area contributed by atoms with Gasteiger partial charge in [-0.1, -0.05) is 58.5 Å². The van der Waals surface area contributed by atoms with Gasteiger partial charge in [-0.05, 0) is 61.4 Å². The summed E-state index contributed by atoms with van der Waals surface area (Å²) in [5, 5.41) is 0. The SMILES string of the molecule is CCCCOC(=O)c1nc(-c2ccc(Br)cc2)oc1-c1oc(-c2ccc(Br)cc2)nc1C(=O)OCCCC. The Bertz CT molecular complexity index is 1290. The lowest BCUT2D eigenvalue weighted by atomic mass is 10.2. The van der Waals surface area contributed by atoms with Crippen molar-refractivity contribution >= 4 is 43.8 Å². The number of nitrogens with zero attached hydrogens (tertiary/aromatic N) is 2. The van der Waals surface area contributed by atoms with Gasteiger partial charge in [0.15, 0.2) is 11.4 Å². The highest BCUT2D eigenvalue weighted by Gasteiger charge is 2.32. The van der Waals surface area contributed by atoms with Gasteiger partial charge in [-0.15, -0.1) is 0 Å². The molecule has 2 aromatic heterocycles. The van der Waals surface area contributed by atoms with Crippen molar-refractivity contribution in [3.8, 4) is 34.4 Å². The molecule has 0 unspecified atom stereocenters. The summed E-state index contributed by atoms with van der Waals surface area (Å²) in [6.07, 6.45) is 3.11. The Morgan fingerprint density at radius 2 is 1.05 bits per heavy atom. The molecule has 0 N–H and O–H groups in total. The molecule has 4 rings (SSSR count). The molecular formula is C28H26Br2N2O6. The molecular weight excluding hydrogens is 620 g/mol. The van der Waals surface area contributed by atoms with Crippen LogP contribution >= 0.6 is 31.9 Å². The molecule has 0 aliphatic rings. The number of carbonyl (C=O) groups is 2. The lowest BCUT2D eigenvalue weighted by Gasteiger charge is -2.03. The average Bonchev–Trinajstić information content (AvgIpc) is 3.55. The van der Waals surface area contributed by atoms with E-state index in [1.165, 1.54) is 0 Å². The molecule has 0 bridgehead atoms. The summed E-state index contributed by atoms with van der Waals surface area (Å²) < 4.78 is 24.7. The highest BCUT2D eigenvalue weighted by Crippen LogP contribution is 2.36. The van der Waals surface area contributed by atoms with Gasteiger partial charge in [0.25, 0.3) is 0 Å². The quantitative estimate of drug-likeness (QED) is 0.119. The summed E-state index contributed by atoms with van der Waals surface area (Å²) in [5.74, 6) is -1.14. The molecule has 0 fully saturated rings. The van der Waals surface area contributed by atoms with E-state index >= 15 is 0 Å². The van der Waals surface area contributed by atoms with Crippen molar-refractivity contribution in [2.75, 3.05) is 13.2 Å². The molecule has 38 heavy (non-hydrogen) atoms. The molecule has 0 radical (unpaired) electrons. The first kappa shape index (κ1) is 27.8. The molecule has 10 heteroatoms. The molecule has 0 saturated heterocycles. The molecule has 198 valence electrons. The summed E-state index contributed by atoms with van der Waals surface area (Å²) in [6, 6.07) is 14.5. The van der Waals surface area contributed by atoms with Crippen LogP contribution in [-0.2, 0) is 9.47 Å². The molecule has 2 heterocycles. The molecule has 0 aliphatic heterocycles. The fraction of sp³-hybridized carbons (Fsp3) is 0.286. The maximum atomic E-state index is 13.1. The second-order valence-electron chi connectivity index (χ2n) is 8.39. The third-order valence-corrected chi connectivity index (χ3v) is 6.55. The Kier molecular flexibility index (Phi) is 9.52. The van der Waals surface area contributed by atoms with Gasteiger partial charge in [0.1, 0.15) is 0 Å². The lowest BCUT2D eigenvalue weighted by molar-refractivity contribution is 0.0481. The first-order valence-corrected chi connectivity index (χ1v) is 13.9. The highest BCUT2D eigenvalue weighted by atomic mass is 79.9.